The second kappa shape index (κ2) is 6.64. The minimum atomic E-state index is -0.535. The molecule has 1 aromatic carbocycles. The summed E-state index contributed by atoms with van der Waals surface area (Å²) >= 11 is 5.97. The first-order chi connectivity index (χ1) is 9.15. The van der Waals surface area contributed by atoms with Crippen molar-refractivity contribution in [2.75, 3.05) is 0 Å². The normalized spacial score (nSPS) is 12.4. The van der Waals surface area contributed by atoms with Gasteiger partial charge in [0.1, 0.15) is 5.82 Å². The molecule has 0 aliphatic carbocycles. The van der Waals surface area contributed by atoms with Crippen LogP contribution in [0.3, 0.4) is 0 Å². The van der Waals surface area contributed by atoms with Crippen LogP contribution in [0.2, 0.25) is 5.02 Å². The lowest BCUT2D eigenvalue weighted by atomic mass is 10.0. The minimum absolute atomic E-state index is 0.333. The van der Waals surface area contributed by atoms with Crippen molar-refractivity contribution < 1.29 is 9.50 Å². The monoisotopic (exact) mass is 279 g/mol. The lowest BCUT2D eigenvalue weighted by Crippen LogP contribution is -2.12. The molecule has 1 atom stereocenters. The van der Waals surface area contributed by atoms with E-state index in [1.807, 2.05) is 12.1 Å². The first kappa shape index (κ1) is 14.0. The standard InChI is InChI=1S/C15H15ClFNO/c16-15-4-2-13(17)9-12(15)10-14(19)3-1-11-5-7-18-8-6-11/h2,4-9,14,19H,1,3,10H2. The molecule has 1 N–H and O–H groups in total. The third kappa shape index (κ3) is 4.30. The third-order valence-corrected chi connectivity index (χ3v) is 3.35. The molecule has 4 heteroatoms. The Morgan fingerprint density at radius 3 is 2.68 bits per heavy atom. The van der Waals surface area contributed by atoms with Gasteiger partial charge >= 0.3 is 0 Å². The smallest absolute Gasteiger partial charge is 0.123 e. The van der Waals surface area contributed by atoms with E-state index in [4.69, 9.17) is 11.6 Å². The highest BCUT2D eigenvalue weighted by molar-refractivity contribution is 6.31. The maximum absolute atomic E-state index is 13.1. The molecule has 1 heterocycles. The van der Waals surface area contributed by atoms with Crippen LogP contribution in [0.1, 0.15) is 17.5 Å². The molecule has 0 saturated carbocycles. The second-order valence-corrected chi connectivity index (χ2v) is 4.90. The molecule has 2 aromatic rings. The molecule has 0 aliphatic rings. The van der Waals surface area contributed by atoms with Crippen molar-refractivity contribution in [3.8, 4) is 0 Å². The van der Waals surface area contributed by atoms with Crippen molar-refractivity contribution in [2.45, 2.75) is 25.4 Å². The number of aliphatic hydroxyl groups is 1. The van der Waals surface area contributed by atoms with E-state index >= 15 is 0 Å². The Morgan fingerprint density at radius 1 is 1.21 bits per heavy atom. The molecule has 0 saturated heterocycles. The van der Waals surface area contributed by atoms with Crippen molar-refractivity contribution in [3.63, 3.8) is 0 Å². The zero-order chi connectivity index (χ0) is 13.7. The van der Waals surface area contributed by atoms with E-state index in [2.05, 4.69) is 4.98 Å². The predicted molar refractivity (Wildman–Crippen MR) is 73.7 cm³/mol. The number of hydrogen-bond acceptors (Lipinski definition) is 2. The topological polar surface area (TPSA) is 33.1 Å². The summed E-state index contributed by atoms with van der Waals surface area (Å²) in [6, 6.07) is 8.04. The van der Waals surface area contributed by atoms with Crippen LogP contribution in [0.4, 0.5) is 4.39 Å². The minimum Gasteiger partial charge on any atom is -0.393 e. The highest BCUT2D eigenvalue weighted by atomic mass is 35.5. The van der Waals surface area contributed by atoms with Crippen LogP contribution in [-0.4, -0.2) is 16.2 Å². The van der Waals surface area contributed by atoms with E-state index in [9.17, 15) is 9.50 Å². The Balaban J connectivity index is 1.90. The number of pyridine rings is 1. The Morgan fingerprint density at radius 2 is 1.95 bits per heavy atom. The largest absolute Gasteiger partial charge is 0.393 e. The van der Waals surface area contributed by atoms with E-state index in [0.29, 0.717) is 23.4 Å². The van der Waals surface area contributed by atoms with Crippen LogP contribution in [0, 0.1) is 5.82 Å². The summed E-state index contributed by atoms with van der Waals surface area (Å²) in [5, 5.41) is 10.5. The number of hydrogen-bond donors (Lipinski definition) is 1. The van der Waals surface area contributed by atoms with Crippen molar-refractivity contribution in [1.29, 1.82) is 0 Å². The quantitative estimate of drug-likeness (QED) is 0.910. The molecule has 1 unspecified atom stereocenters. The summed E-state index contributed by atoms with van der Waals surface area (Å²) in [4.78, 5) is 3.94. The SMILES string of the molecule is OC(CCc1ccncc1)Cc1cc(F)ccc1Cl. The zero-order valence-corrected chi connectivity index (χ0v) is 11.1. The molecule has 19 heavy (non-hydrogen) atoms. The molecule has 100 valence electrons. The Hall–Kier alpha value is -1.45. The van der Waals surface area contributed by atoms with Crippen molar-refractivity contribution >= 4 is 11.6 Å². The lowest BCUT2D eigenvalue weighted by Gasteiger charge is -2.12. The summed E-state index contributed by atoms with van der Waals surface area (Å²) in [6.45, 7) is 0. The zero-order valence-electron chi connectivity index (χ0n) is 10.4. The molecular formula is C15H15ClFNO. The summed E-state index contributed by atoms with van der Waals surface area (Å²) < 4.78 is 13.1. The first-order valence-electron chi connectivity index (χ1n) is 6.16. The summed E-state index contributed by atoms with van der Waals surface area (Å²) in [7, 11) is 0. The van der Waals surface area contributed by atoms with Gasteiger partial charge in [0, 0.05) is 17.4 Å². The van der Waals surface area contributed by atoms with Crippen LogP contribution < -0.4 is 0 Å². The predicted octanol–water partition coefficient (Wildman–Crippen LogP) is 3.41. The molecule has 0 spiro atoms. The molecule has 1 aromatic heterocycles. The van der Waals surface area contributed by atoms with Gasteiger partial charge in [0.05, 0.1) is 6.10 Å². The summed E-state index contributed by atoms with van der Waals surface area (Å²) in [5.41, 5.74) is 1.77. The number of aliphatic hydroxyl groups excluding tert-OH is 1. The van der Waals surface area contributed by atoms with Crippen LogP contribution >= 0.6 is 11.6 Å². The molecule has 0 amide bonds. The number of halogens is 2. The summed E-state index contributed by atoms with van der Waals surface area (Å²) in [6.07, 6.45) is 4.65. The van der Waals surface area contributed by atoms with Gasteiger partial charge < -0.3 is 5.11 Å². The van der Waals surface area contributed by atoms with Crippen molar-refractivity contribution in [1.82, 2.24) is 4.98 Å². The van der Waals surface area contributed by atoms with Gasteiger partial charge in [0.15, 0.2) is 0 Å². The van der Waals surface area contributed by atoms with E-state index in [-0.39, 0.29) is 5.82 Å². The van der Waals surface area contributed by atoms with E-state index in [0.717, 1.165) is 12.0 Å². The van der Waals surface area contributed by atoms with Crippen LogP contribution in [0.5, 0.6) is 0 Å². The van der Waals surface area contributed by atoms with Gasteiger partial charge in [-0.1, -0.05) is 11.6 Å². The second-order valence-electron chi connectivity index (χ2n) is 4.49. The number of benzene rings is 1. The average Bonchev–Trinajstić information content (AvgIpc) is 2.42. The maximum atomic E-state index is 13.1. The number of rotatable bonds is 5. The molecule has 0 aliphatic heterocycles. The average molecular weight is 280 g/mol. The number of nitrogens with zero attached hydrogens (tertiary/aromatic N) is 1. The Labute approximate surface area is 116 Å². The number of aryl methyl sites for hydroxylation is 1. The molecular weight excluding hydrogens is 265 g/mol. The van der Waals surface area contributed by atoms with Gasteiger partial charge in [-0.3, -0.25) is 4.98 Å². The maximum Gasteiger partial charge on any atom is 0.123 e. The molecule has 2 nitrogen and oxygen atoms in total. The van der Waals surface area contributed by atoms with E-state index < -0.39 is 6.10 Å². The van der Waals surface area contributed by atoms with Gasteiger partial charge in [0.2, 0.25) is 0 Å². The van der Waals surface area contributed by atoms with Crippen LogP contribution in [-0.2, 0) is 12.8 Å². The van der Waals surface area contributed by atoms with Gasteiger partial charge in [-0.2, -0.15) is 0 Å². The van der Waals surface area contributed by atoms with E-state index in [1.165, 1.54) is 18.2 Å². The lowest BCUT2D eigenvalue weighted by molar-refractivity contribution is 0.165. The fourth-order valence-electron chi connectivity index (χ4n) is 1.94. The Kier molecular flexibility index (Phi) is 4.88. The van der Waals surface area contributed by atoms with Gasteiger partial charge in [-0.15, -0.1) is 0 Å². The summed E-state index contributed by atoms with van der Waals surface area (Å²) in [5.74, 6) is -0.333. The van der Waals surface area contributed by atoms with Crippen LogP contribution in [0.25, 0.3) is 0 Å². The highest BCUT2D eigenvalue weighted by Crippen LogP contribution is 2.20. The van der Waals surface area contributed by atoms with E-state index in [1.54, 1.807) is 12.4 Å². The Bertz CT molecular complexity index is 533. The fourth-order valence-corrected chi connectivity index (χ4v) is 2.13. The molecule has 0 fully saturated rings. The third-order valence-electron chi connectivity index (χ3n) is 2.98. The van der Waals surface area contributed by atoms with Crippen LogP contribution in [0.15, 0.2) is 42.7 Å². The molecule has 0 radical (unpaired) electrons. The van der Waals surface area contributed by atoms with Gasteiger partial charge in [-0.05, 0) is 60.7 Å². The van der Waals surface area contributed by atoms with Crippen molar-refractivity contribution in [2.24, 2.45) is 0 Å². The molecule has 0 bridgehead atoms. The fraction of sp³-hybridized carbons (Fsp3) is 0.267. The van der Waals surface area contributed by atoms with Gasteiger partial charge in [-0.25, -0.2) is 4.39 Å². The first-order valence-corrected chi connectivity index (χ1v) is 6.54. The highest BCUT2D eigenvalue weighted by Gasteiger charge is 2.10. The van der Waals surface area contributed by atoms with Crippen molar-refractivity contribution in [3.05, 3.63) is 64.7 Å². The number of aromatic nitrogens is 1. The van der Waals surface area contributed by atoms with Gasteiger partial charge in [0.25, 0.3) is 0 Å². The molecule has 2 rings (SSSR count).